The Morgan fingerprint density at radius 2 is 1.89 bits per heavy atom. The standard InChI is InChI=1S/C22H25NO4/c1-12-10-15-6-8-18(23-14(3)24)17-11-19(25)20(26-4)9-7-16(17)21(15)22(27-5)13(12)2/h7,9-11,18H,6,8H2,1-5H3,(H,23,24)/t18-/m0/s1. The number of carbonyl (C=O) groups excluding carboxylic acids is 1. The smallest absolute Gasteiger partial charge is 0.220 e. The van der Waals surface area contributed by atoms with E-state index >= 15 is 0 Å². The summed E-state index contributed by atoms with van der Waals surface area (Å²) >= 11 is 0. The van der Waals surface area contributed by atoms with E-state index in [2.05, 4.69) is 18.3 Å². The number of nitrogens with one attached hydrogen (secondary N) is 1. The van der Waals surface area contributed by atoms with E-state index in [4.69, 9.17) is 9.47 Å². The highest BCUT2D eigenvalue weighted by Crippen LogP contribution is 2.44. The zero-order valence-corrected chi connectivity index (χ0v) is 16.4. The summed E-state index contributed by atoms with van der Waals surface area (Å²) in [7, 11) is 3.15. The fourth-order valence-electron chi connectivity index (χ4n) is 3.86. The van der Waals surface area contributed by atoms with Crippen molar-refractivity contribution in [3.63, 3.8) is 0 Å². The van der Waals surface area contributed by atoms with E-state index < -0.39 is 0 Å². The van der Waals surface area contributed by atoms with Gasteiger partial charge in [0.1, 0.15) is 5.75 Å². The Hall–Kier alpha value is -2.82. The van der Waals surface area contributed by atoms with Crippen molar-refractivity contribution in [3.8, 4) is 22.6 Å². The van der Waals surface area contributed by atoms with Crippen LogP contribution < -0.4 is 20.2 Å². The van der Waals surface area contributed by atoms with E-state index in [0.717, 1.165) is 45.6 Å². The summed E-state index contributed by atoms with van der Waals surface area (Å²) in [5, 5.41) is 3.00. The SMILES string of the molecule is COc1c(C)c(C)cc2c1-c1ccc(OC)c(=O)cc1[C@@H](NC(C)=O)CC2. The lowest BCUT2D eigenvalue weighted by molar-refractivity contribution is -0.119. The van der Waals surface area contributed by atoms with Gasteiger partial charge in [-0.25, -0.2) is 0 Å². The molecule has 0 aliphatic heterocycles. The fraction of sp³-hybridized carbons (Fsp3) is 0.364. The number of benzene rings is 1. The topological polar surface area (TPSA) is 64.6 Å². The Balaban J connectivity index is 2.40. The highest BCUT2D eigenvalue weighted by atomic mass is 16.5. The molecule has 1 aliphatic rings. The maximum atomic E-state index is 12.6. The molecule has 0 heterocycles. The zero-order chi connectivity index (χ0) is 19.7. The number of hydrogen-bond acceptors (Lipinski definition) is 4. The largest absolute Gasteiger partial charge is 0.496 e. The van der Waals surface area contributed by atoms with Crippen molar-refractivity contribution >= 4 is 5.91 Å². The summed E-state index contributed by atoms with van der Waals surface area (Å²) in [6.45, 7) is 5.60. The second-order valence-electron chi connectivity index (χ2n) is 6.96. The van der Waals surface area contributed by atoms with Gasteiger partial charge in [-0.3, -0.25) is 9.59 Å². The van der Waals surface area contributed by atoms with E-state index in [0.29, 0.717) is 6.42 Å². The van der Waals surface area contributed by atoms with E-state index in [-0.39, 0.29) is 23.1 Å². The van der Waals surface area contributed by atoms with Crippen LogP contribution in [0.1, 0.15) is 41.6 Å². The molecule has 5 nitrogen and oxygen atoms in total. The molecule has 1 amide bonds. The maximum Gasteiger partial charge on any atom is 0.220 e. The Morgan fingerprint density at radius 1 is 1.15 bits per heavy atom. The normalized spacial score (nSPS) is 15.2. The highest BCUT2D eigenvalue weighted by molar-refractivity contribution is 5.81. The molecule has 1 aliphatic carbocycles. The van der Waals surface area contributed by atoms with Crippen LogP contribution in [0.4, 0.5) is 0 Å². The Bertz CT molecular complexity index is 965. The third-order valence-corrected chi connectivity index (χ3v) is 5.26. The molecule has 0 unspecified atom stereocenters. The minimum atomic E-state index is -0.250. The lowest BCUT2D eigenvalue weighted by Crippen LogP contribution is -2.26. The monoisotopic (exact) mass is 367 g/mol. The number of ether oxygens (including phenoxy) is 2. The van der Waals surface area contributed by atoms with Crippen LogP contribution in [0.25, 0.3) is 11.1 Å². The van der Waals surface area contributed by atoms with Crippen molar-refractivity contribution in [2.45, 2.75) is 39.7 Å². The van der Waals surface area contributed by atoms with E-state index in [9.17, 15) is 9.59 Å². The van der Waals surface area contributed by atoms with Gasteiger partial charge in [-0.15, -0.1) is 0 Å². The molecule has 0 fully saturated rings. The number of methoxy groups -OCH3 is 2. The summed E-state index contributed by atoms with van der Waals surface area (Å²) in [6, 6.07) is 7.09. The lowest BCUT2D eigenvalue weighted by Gasteiger charge is -2.18. The molecule has 0 bridgehead atoms. The van der Waals surface area contributed by atoms with Crippen molar-refractivity contribution in [2.24, 2.45) is 0 Å². The van der Waals surface area contributed by atoms with Crippen molar-refractivity contribution in [2.75, 3.05) is 14.2 Å². The quantitative estimate of drug-likeness (QED) is 0.902. The first-order valence-corrected chi connectivity index (χ1v) is 9.04. The van der Waals surface area contributed by atoms with Gasteiger partial charge >= 0.3 is 0 Å². The third kappa shape index (κ3) is 3.42. The molecular weight excluding hydrogens is 342 g/mol. The van der Waals surface area contributed by atoms with Gasteiger partial charge in [0, 0.05) is 12.5 Å². The summed E-state index contributed by atoms with van der Waals surface area (Å²) in [5.41, 5.74) is 5.84. The molecule has 27 heavy (non-hydrogen) atoms. The number of aryl methyl sites for hydroxylation is 2. The average Bonchev–Trinajstić information content (AvgIpc) is 2.86. The molecule has 0 spiro atoms. The number of amides is 1. The number of fused-ring (bicyclic) bond motifs is 3. The van der Waals surface area contributed by atoms with Gasteiger partial charge in [0.2, 0.25) is 11.3 Å². The van der Waals surface area contributed by atoms with Gasteiger partial charge in [0.05, 0.1) is 20.3 Å². The number of hydrogen-bond donors (Lipinski definition) is 1. The molecular formula is C22H25NO4. The van der Waals surface area contributed by atoms with Crippen LogP contribution in [-0.2, 0) is 11.2 Å². The van der Waals surface area contributed by atoms with Crippen molar-refractivity contribution in [1.82, 2.24) is 5.32 Å². The van der Waals surface area contributed by atoms with Crippen LogP contribution in [0.3, 0.4) is 0 Å². The van der Waals surface area contributed by atoms with Gasteiger partial charge in [-0.1, -0.05) is 12.1 Å². The second kappa shape index (κ2) is 7.43. The Labute approximate surface area is 159 Å². The molecule has 2 aromatic carbocycles. The Kier molecular flexibility index (Phi) is 5.22. The van der Waals surface area contributed by atoms with Crippen molar-refractivity contribution in [1.29, 1.82) is 0 Å². The molecule has 1 atom stereocenters. The predicted molar refractivity (Wildman–Crippen MR) is 106 cm³/mol. The fourth-order valence-corrected chi connectivity index (χ4v) is 3.86. The predicted octanol–water partition coefficient (Wildman–Crippen LogP) is 3.47. The molecule has 0 aromatic heterocycles. The van der Waals surface area contributed by atoms with Crippen LogP contribution in [0, 0.1) is 13.8 Å². The lowest BCUT2D eigenvalue weighted by atomic mass is 9.92. The number of rotatable bonds is 3. The van der Waals surface area contributed by atoms with Gasteiger partial charge in [-0.05, 0) is 66.6 Å². The average molecular weight is 367 g/mol. The molecule has 1 N–H and O–H groups in total. The minimum Gasteiger partial charge on any atom is -0.496 e. The van der Waals surface area contributed by atoms with Crippen molar-refractivity contribution in [3.05, 3.63) is 56.7 Å². The van der Waals surface area contributed by atoms with Gasteiger partial charge in [0.15, 0.2) is 5.75 Å². The minimum absolute atomic E-state index is 0.123. The van der Waals surface area contributed by atoms with E-state index in [1.165, 1.54) is 14.0 Å². The van der Waals surface area contributed by atoms with E-state index in [1.54, 1.807) is 19.2 Å². The number of carbonyl (C=O) groups is 1. The van der Waals surface area contributed by atoms with Gasteiger partial charge in [0.25, 0.3) is 0 Å². The van der Waals surface area contributed by atoms with Crippen LogP contribution in [0.15, 0.2) is 29.1 Å². The first-order valence-electron chi connectivity index (χ1n) is 9.04. The zero-order valence-electron chi connectivity index (χ0n) is 16.4. The summed E-state index contributed by atoms with van der Waals surface area (Å²) in [6.07, 6.45) is 1.48. The molecule has 2 aromatic rings. The van der Waals surface area contributed by atoms with Gasteiger partial charge < -0.3 is 14.8 Å². The molecule has 3 rings (SSSR count). The summed E-state index contributed by atoms with van der Waals surface area (Å²) in [4.78, 5) is 24.4. The van der Waals surface area contributed by atoms with Crippen molar-refractivity contribution < 1.29 is 14.3 Å². The third-order valence-electron chi connectivity index (χ3n) is 5.26. The van der Waals surface area contributed by atoms with Crippen LogP contribution >= 0.6 is 0 Å². The first kappa shape index (κ1) is 19.0. The molecule has 5 heteroatoms. The van der Waals surface area contributed by atoms with E-state index in [1.807, 2.05) is 13.0 Å². The molecule has 0 saturated carbocycles. The second-order valence-corrected chi connectivity index (χ2v) is 6.96. The summed E-state index contributed by atoms with van der Waals surface area (Å²) in [5.74, 6) is 0.962. The first-order chi connectivity index (χ1) is 12.9. The Morgan fingerprint density at radius 3 is 2.52 bits per heavy atom. The van der Waals surface area contributed by atoms with Crippen LogP contribution in [0.2, 0.25) is 0 Å². The van der Waals surface area contributed by atoms with Gasteiger partial charge in [-0.2, -0.15) is 0 Å². The highest BCUT2D eigenvalue weighted by Gasteiger charge is 2.27. The molecule has 0 radical (unpaired) electrons. The summed E-state index contributed by atoms with van der Waals surface area (Å²) < 4.78 is 11.0. The van der Waals surface area contributed by atoms with Crippen LogP contribution in [0.5, 0.6) is 11.5 Å². The molecule has 0 saturated heterocycles. The van der Waals surface area contributed by atoms with Crippen LogP contribution in [-0.4, -0.2) is 20.1 Å². The maximum absolute atomic E-state index is 12.6. The molecule has 142 valence electrons.